The van der Waals surface area contributed by atoms with Gasteiger partial charge in [0.1, 0.15) is 11.4 Å². The monoisotopic (exact) mass is 431 g/mol. The second-order valence-corrected chi connectivity index (χ2v) is 8.74. The van der Waals surface area contributed by atoms with Crippen LogP contribution in [-0.4, -0.2) is 46.5 Å². The number of halogens is 1. The van der Waals surface area contributed by atoms with Crippen molar-refractivity contribution >= 4 is 28.4 Å². The van der Waals surface area contributed by atoms with Gasteiger partial charge in [0.15, 0.2) is 0 Å². The first-order chi connectivity index (χ1) is 15.6. The van der Waals surface area contributed by atoms with Crippen molar-refractivity contribution in [2.24, 2.45) is 11.8 Å². The molecule has 3 aromatic rings. The molecule has 4 heterocycles. The maximum Gasteiger partial charge on any atom is 0.231 e. The average molecular weight is 431 g/mol. The zero-order valence-electron chi connectivity index (χ0n) is 17.3. The van der Waals surface area contributed by atoms with E-state index in [0.717, 1.165) is 16.5 Å². The number of hydrogen-bond donors (Lipinski definition) is 2. The molecule has 0 unspecified atom stereocenters. The topological polar surface area (TPSA) is 74.4 Å². The summed E-state index contributed by atoms with van der Waals surface area (Å²) in [6, 6.07) is 14.1. The Morgan fingerprint density at radius 3 is 2.91 bits per heavy atom. The maximum atomic E-state index is 14.0. The number of rotatable bonds is 5. The predicted molar refractivity (Wildman–Crippen MR) is 117 cm³/mol. The summed E-state index contributed by atoms with van der Waals surface area (Å²) in [7, 11) is 0. The zero-order chi connectivity index (χ0) is 21.9. The molecule has 2 bridgehead atoms. The van der Waals surface area contributed by atoms with Crippen LogP contribution >= 0.6 is 0 Å². The number of benzene rings is 2. The van der Waals surface area contributed by atoms with Gasteiger partial charge in [-0.3, -0.25) is 9.59 Å². The van der Waals surface area contributed by atoms with Crippen LogP contribution in [0.3, 0.4) is 0 Å². The van der Waals surface area contributed by atoms with E-state index in [4.69, 9.17) is 4.74 Å². The largest absolute Gasteiger partial charge is 0.361 e. The predicted octanol–water partition coefficient (Wildman–Crippen LogP) is 3.27. The molecule has 32 heavy (non-hydrogen) atoms. The Morgan fingerprint density at radius 1 is 1.22 bits per heavy atom. The molecule has 2 fully saturated rings. The third-order valence-electron chi connectivity index (χ3n) is 6.94. The van der Waals surface area contributed by atoms with Gasteiger partial charge in [0.2, 0.25) is 11.8 Å². The van der Waals surface area contributed by atoms with Crippen LogP contribution in [0.25, 0.3) is 10.9 Å². The van der Waals surface area contributed by atoms with E-state index >= 15 is 0 Å². The van der Waals surface area contributed by atoms with Gasteiger partial charge in [-0.2, -0.15) is 0 Å². The van der Waals surface area contributed by atoms with Gasteiger partial charge < -0.3 is 19.9 Å². The van der Waals surface area contributed by atoms with Crippen LogP contribution < -0.4 is 5.32 Å². The number of nitrogens with zero attached hydrogens (tertiary/aromatic N) is 1. The van der Waals surface area contributed by atoms with Crippen LogP contribution in [0.2, 0.25) is 0 Å². The van der Waals surface area contributed by atoms with Crippen molar-refractivity contribution in [3.05, 3.63) is 78.3 Å². The van der Waals surface area contributed by atoms with Gasteiger partial charge in [-0.15, -0.1) is 0 Å². The smallest absolute Gasteiger partial charge is 0.231 e. The highest BCUT2D eigenvalue weighted by Crippen LogP contribution is 2.52. The lowest BCUT2D eigenvalue weighted by Gasteiger charge is -2.23. The van der Waals surface area contributed by atoms with E-state index in [-0.39, 0.29) is 17.5 Å². The van der Waals surface area contributed by atoms with Crippen LogP contribution in [0, 0.1) is 17.7 Å². The molecular weight excluding hydrogens is 409 g/mol. The Kier molecular flexibility index (Phi) is 4.23. The summed E-state index contributed by atoms with van der Waals surface area (Å²) in [5, 5.41) is 3.80. The molecule has 2 amide bonds. The van der Waals surface area contributed by atoms with E-state index in [1.807, 2.05) is 36.5 Å². The van der Waals surface area contributed by atoms with Gasteiger partial charge in [-0.1, -0.05) is 42.5 Å². The van der Waals surface area contributed by atoms with Gasteiger partial charge in [0, 0.05) is 23.6 Å². The van der Waals surface area contributed by atoms with Crippen molar-refractivity contribution < 1.29 is 18.7 Å². The minimum Gasteiger partial charge on any atom is -0.361 e. The first kappa shape index (κ1) is 19.3. The van der Waals surface area contributed by atoms with Crippen molar-refractivity contribution in [2.45, 2.75) is 18.1 Å². The number of amides is 2. The van der Waals surface area contributed by atoms with E-state index in [0.29, 0.717) is 19.5 Å². The van der Waals surface area contributed by atoms with Crippen LogP contribution in [0.5, 0.6) is 0 Å². The number of nitrogens with one attached hydrogen (secondary N) is 2. The molecule has 0 saturated carbocycles. The first-order valence-electron chi connectivity index (χ1n) is 10.8. The zero-order valence-corrected chi connectivity index (χ0v) is 17.3. The average Bonchev–Trinajstić information content (AvgIpc) is 3.54. The summed E-state index contributed by atoms with van der Waals surface area (Å²) < 4.78 is 20.2. The third kappa shape index (κ3) is 2.81. The number of aromatic nitrogens is 1. The number of hydrogen-bond acceptors (Lipinski definition) is 3. The van der Waals surface area contributed by atoms with Crippen molar-refractivity contribution in [1.29, 1.82) is 0 Å². The Morgan fingerprint density at radius 2 is 2.03 bits per heavy atom. The molecule has 1 aromatic heterocycles. The number of aromatic amines is 1. The molecule has 6 rings (SSSR count). The lowest BCUT2D eigenvalue weighted by Crippen LogP contribution is -2.41. The van der Waals surface area contributed by atoms with Crippen molar-refractivity contribution in [3.63, 3.8) is 0 Å². The molecule has 0 radical (unpaired) electrons. The summed E-state index contributed by atoms with van der Waals surface area (Å²) in [6.07, 6.45) is 6.01. The van der Waals surface area contributed by atoms with Crippen LogP contribution in [-0.2, 0) is 20.7 Å². The minimum absolute atomic E-state index is 0.0784. The van der Waals surface area contributed by atoms with E-state index in [9.17, 15) is 14.0 Å². The quantitative estimate of drug-likeness (QED) is 0.609. The summed E-state index contributed by atoms with van der Waals surface area (Å²) >= 11 is 0. The van der Waals surface area contributed by atoms with E-state index < -0.39 is 29.4 Å². The lowest BCUT2D eigenvalue weighted by molar-refractivity contribution is -0.135. The highest BCUT2D eigenvalue weighted by molar-refractivity contribution is 5.99. The summed E-state index contributed by atoms with van der Waals surface area (Å²) in [5.74, 6) is -2.24. The second-order valence-electron chi connectivity index (χ2n) is 8.74. The number of carbonyl (C=O) groups is 2. The fourth-order valence-electron chi connectivity index (χ4n) is 5.44. The summed E-state index contributed by atoms with van der Waals surface area (Å²) in [4.78, 5) is 31.5. The number of para-hydroxylation sites is 2. The first-order valence-corrected chi connectivity index (χ1v) is 10.8. The Hall–Kier alpha value is -3.45. The number of anilines is 1. The molecule has 2 N–H and O–H groups in total. The SMILES string of the molecule is O=C(Nc1ccccc1F)[C@@H]1[C@@H]2C=C[C@]3(CN(CCc4c[nH]c5ccccc45)C(=O)[C@@H]13)O2. The number of fused-ring (bicyclic) bond motifs is 2. The number of ether oxygens (including phenoxy) is 1. The summed E-state index contributed by atoms with van der Waals surface area (Å²) in [6.45, 7) is 0.970. The Balaban J connectivity index is 1.21. The second kappa shape index (κ2) is 7.03. The standard InChI is InChI=1S/C25H22FN3O3/c26-17-6-2-4-8-19(17)28-23(30)21-20-9-11-25(32-20)14-29(24(31)22(21)25)12-10-15-13-27-18-7-3-1-5-16(15)18/h1-9,11,13,20-22,27H,10,12,14H2,(H,28,30)/t20-,21+,22+,25+/m0/s1. The molecular formula is C25H22FN3O3. The van der Waals surface area contributed by atoms with Crippen molar-refractivity contribution in [1.82, 2.24) is 9.88 Å². The fraction of sp³-hybridized carbons (Fsp3) is 0.280. The Labute approximate surface area is 184 Å². The van der Waals surface area contributed by atoms with Crippen LogP contribution in [0.4, 0.5) is 10.1 Å². The van der Waals surface area contributed by atoms with Gasteiger partial charge in [0.05, 0.1) is 30.2 Å². The molecule has 3 aliphatic heterocycles. The molecule has 6 nitrogen and oxygen atoms in total. The minimum atomic E-state index is -0.779. The number of H-pyrrole nitrogens is 1. The lowest BCUT2D eigenvalue weighted by atomic mass is 9.77. The fourth-order valence-corrected chi connectivity index (χ4v) is 5.44. The third-order valence-corrected chi connectivity index (χ3v) is 6.94. The number of carbonyl (C=O) groups excluding carboxylic acids is 2. The van der Waals surface area contributed by atoms with Crippen molar-refractivity contribution in [3.8, 4) is 0 Å². The van der Waals surface area contributed by atoms with E-state index in [2.05, 4.69) is 16.4 Å². The van der Waals surface area contributed by atoms with Crippen LogP contribution in [0.15, 0.2) is 66.9 Å². The molecule has 3 aliphatic rings. The van der Waals surface area contributed by atoms with Gasteiger partial charge in [0.25, 0.3) is 0 Å². The molecule has 2 saturated heterocycles. The van der Waals surface area contributed by atoms with Gasteiger partial charge in [-0.05, 0) is 30.2 Å². The van der Waals surface area contributed by atoms with E-state index in [1.165, 1.54) is 12.1 Å². The molecule has 162 valence electrons. The van der Waals surface area contributed by atoms with Gasteiger partial charge in [-0.25, -0.2) is 4.39 Å². The molecule has 1 spiro atoms. The van der Waals surface area contributed by atoms with Crippen molar-refractivity contribution in [2.75, 3.05) is 18.4 Å². The Bertz CT molecular complexity index is 1270. The molecule has 7 heteroatoms. The summed E-state index contributed by atoms with van der Waals surface area (Å²) in [5.41, 5.74) is 1.55. The highest BCUT2D eigenvalue weighted by Gasteiger charge is 2.66. The number of likely N-dealkylation sites (tertiary alicyclic amines) is 1. The highest BCUT2D eigenvalue weighted by atomic mass is 19.1. The van der Waals surface area contributed by atoms with Gasteiger partial charge >= 0.3 is 0 Å². The normalized spacial score (nSPS) is 28.0. The van der Waals surface area contributed by atoms with Crippen LogP contribution in [0.1, 0.15) is 5.56 Å². The van der Waals surface area contributed by atoms with E-state index in [1.54, 1.807) is 17.0 Å². The molecule has 0 aliphatic carbocycles. The maximum absolute atomic E-state index is 14.0. The molecule has 2 aromatic carbocycles. The molecule has 4 atom stereocenters.